The van der Waals surface area contributed by atoms with Crippen molar-refractivity contribution in [1.29, 1.82) is 0 Å². The van der Waals surface area contributed by atoms with Gasteiger partial charge in [-0.2, -0.15) is 0 Å². The maximum absolute atomic E-state index is 5.60. The molecule has 1 aromatic rings. The first-order valence-electron chi connectivity index (χ1n) is 3.20. The van der Waals surface area contributed by atoms with Crippen LogP contribution in [0.3, 0.4) is 0 Å². The van der Waals surface area contributed by atoms with Crippen LogP contribution in [0, 0.1) is 0 Å². The minimum Gasteiger partial charge on any atom is -0.220 e. The zero-order valence-electron chi connectivity index (χ0n) is 6.32. The summed E-state index contributed by atoms with van der Waals surface area (Å²) in [5.41, 5.74) is 0.415. The SMILES string of the molecule is Clc1nc(C(Cl)Cl)cc(C(Cl)(Cl)Cl)n1. The van der Waals surface area contributed by atoms with Crippen molar-refractivity contribution >= 4 is 69.6 Å². The topological polar surface area (TPSA) is 25.8 Å². The Morgan fingerprint density at radius 2 is 1.71 bits per heavy atom. The quantitative estimate of drug-likeness (QED) is 0.566. The highest BCUT2D eigenvalue weighted by molar-refractivity contribution is 6.66. The molecule has 0 N–H and O–H groups in total. The molecule has 0 fully saturated rings. The highest BCUT2D eigenvalue weighted by atomic mass is 35.6. The van der Waals surface area contributed by atoms with Crippen LogP contribution < -0.4 is 0 Å². The molecule has 0 bridgehead atoms. The Morgan fingerprint density at radius 1 is 1.14 bits per heavy atom. The van der Waals surface area contributed by atoms with Crippen LogP contribution in [0.15, 0.2) is 6.07 Å². The minimum atomic E-state index is -1.68. The first-order valence-corrected chi connectivity index (χ1v) is 5.59. The van der Waals surface area contributed by atoms with Gasteiger partial charge in [-0.25, -0.2) is 9.97 Å². The number of alkyl halides is 5. The van der Waals surface area contributed by atoms with Crippen molar-refractivity contribution in [3.63, 3.8) is 0 Å². The predicted octanol–water partition coefficient (Wildman–Crippen LogP) is 4.43. The van der Waals surface area contributed by atoms with E-state index in [4.69, 9.17) is 69.6 Å². The van der Waals surface area contributed by atoms with Crippen LogP contribution >= 0.6 is 69.6 Å². The van der Waals surface area contributed by atoms with Crippen molar-refractivity contribution in [2.75, 3.05) is 0 Å². The van der Waals surface area contributed by atoms with E-state index in [1.807, 2.05) is 0 Å². The summed E-state index contributed by atoms with van der Waals surface area (Å²) < 4.78 is -1.68. The van der Waals surface area contributed by atoms with E-state index >= 15 is 0 Å². The van der Waals surface area contributed by atoms with E-state index in [1.54, 1.807) is 0 Å². The summed E-state index contributed by atoms with van der Waals surface area (Å²) in [5.74, 6) is 0. The molecule has 0 aliphatic rings. The van der Waals surface area contributed by atoms with Crippen molar-refractivity contribution in [3.05, 3.63) is 22.7 Å². The van der Waals surface area contributed by atoms with Gasteiger partial charge in [-0.15, -0.1) is 0 Å². The maximum Gasteiger partial charge on any atom is 0.232 e. The lowest BCUT2D eigenvalue weighted by Crippen LogP contribution is -2.06. The van der Waals surface area contributed by atoms with Gasteiger partial charge in [0.25, 0.3) is 0 Å². The molecule has 14 heavy (non-hydrogen) atoms. The summed E-state index contributed by atoms with van der Waals surface area (Å²) in [5, 5.41) is -0.0740. The third-order valence-electron chi connectivity index (χ3n) is 1.23. The van der Waals surface area contributed by atoms with Gasteiger partial charge in [-0.3, -0.25) is 0 Å². The van der Waals surface area contributed by atoms with Crippen molar-refractivity contribution in [2.24, 2.45) is 0 Å². The molecule has 0 saturated heterocycles. The maximum atomic E-state index is 5.60. The van der Waals surface area contributed by atoms with Gasteiger partial charge in [0.2, 0.25) is 9.08 Å². The molecule has 1 heterocycles. The van der Waals surface area contributed by atoms with Gasteiger partial charge in [0.15, 0.2) is 0 Å². The Balaban J connectivity index is 3.21. The number of hydrogen-bond acceptors (Lipinski definition) is 2. The Hall–Kier alpha value is 0.820. The lowest BCUT2D eigenvalue weighted by atomic mass is 10.3. The van der Waals surface area contributed by atoms with Gasteiger partial charge >= 0.3 is 0 Å². The fourth-order valence-corrected chi connectivity index (χ4v) is 1.40. The summed E-state index contributed by atoms with van der Waals surface area (Å²) in [6.45, 7) is 0. The highest BCUT2D eigenvalue weighted by Gasteiger charge is 2.26. The Bertz CT molecular complexity index is 334. The van der Waals surface area contributed by atoms with Crippen LogP contribution in [0.4, 0.5) is 0 Å². The molecule has 0 atom stereocenters. The minimum absolute atomic E-state index is 0.0740. The summed E-state index contributed by atoms with van der Waals surface area (Å²) in [6, 6.07) is 1.38. The number of hydrogen-bond donors (Lipinski definition) is 0. The van der Waals surface area contributed by atoms with Gasteiger partial charge < -0.3 is 0 Å². The Labute approximate surface area is 110 Å². The van der Waals surface area contributed by atoms with Gasteiger partial charge in [-0.05, 0) is 17.7 Å². The number of aromatic nitrogens is 2. The zero-order chi connectivity index (χ0) is 10.9. The van der Waals surface area contributed by atoms with Crippen molar-refractivity contribution in [2.45, 2.75) is 8.63 Å². The van der Waals surface area contributed by atoms with E-state index in [0.717, 1.165) is 0 Å². The fourth-order valence-electron chi connectivity index (χ4n) is 0.693. The predicted molar refractivity (Wildman–Crippen MR) is 60.7 cm³/mol. The average Bonchev–Trinajstić information content (AvgIpc) is 2.01. The molecular weight excluding hydrogens is 313 g/mol. The van der Waals surface area contributed by atoms with Gasteiger partial charge in [0.1, 0.15) is 4.84 Å². The molecule has 0 radical (unpaired) electrons. The second kappa shape index (κ2) is 4.77. The van der Waals surface area contributed by atoms with Crippen LogP contribution in [-0.2, 0) is 3.79 Å². The molecule has 0 aromatic carbocycles. The third-order valence-corrected chi connectivity index (χ3v) is 2.43. The Kier molecular flexibility index (Phi) is 4.39. The van der Waals surface area contributed by atoms with Crippen LogP contribution in [0.1, 0.15) is 16.2 Å². The van der Waals surface area contributed by atoms with E-state index in [0.29, 0.717) is 0 Å². The number of halogens is 6. The van der Waals surface area contributed by atoms with Gasteiger partial charge in [0.05, 0.1) is 11.4 Å². The molecule has 1 rings (SSSR count). The molecule has 1 aromatic heterocycles. The largest absolute Gasteiger partial charge is 0.232 e. The molecule has 0 saturated carbocycles. The summed E-state index contributed by atoms with van der Waals surface area (Å²) in [4.78, 5) is 6.64. The average molecular weight is 315 g/mol. The third kappa shape index (κ3) is 3.44. The molecule has 0 spiro atoms. The monoisotopic (exact) mass is 312 g/mol. The number of nitrogens with zero attached hydrogens (tertiary/aromatic N) is 2. The Morgan fingerprint density at radius 3 is 2.14 bits per heavy atom. The standard InChI is InChI=1S/C6H2Cl6N2/c7-4(8)2-1-3(6(10,11)12)14-5(9)13-2/h1,4H. The van der Waals surface area contributed by atoms with Crippen LogP contribution in [0.5, 0.6) is 0 Å². The summed E-state index contributed by atoms with van der Waals surface area (Å²) in [7, 11) is 0. The van der Waals surface area contributed by atoms with Crippen LogP contribution in [0.25, 0.3) is 0 Å². The molecular formula is C6H2Cl6N2. The second-order valence-corrected chi connectivity index (χ2v) is 5.96. The van der Waals surface area contributed by atoms with E-state index in [1.165, 1.54) is 6.07 Å². The molecule has 2 nitrogen and oxygen atoms in total. The van der Waals surface area contributed by atoms with Gasteiger partial charge in [0, 0.05) is 0 Å². The lowest BCUT2D eigenvalue weighted by Gasteiger charge is -2.11. The van der Waals surface area contributed by atoms with Crippen LogP contribution in [-0.4, -0.2) is 9.97 Å². The van der Waals surface area contributed by atoms with Crippen molar-refractivity contribution in [3.8, 4) is 0 Å². The van der Waals surface area contributed by atoms with Crippen molar-refractivity contribution < 1.29 is 0 Å². The van der Waals surface area contributed by atoms with Crippen LogP contribution in [0.2, 0.25) is 5.28 Å². The highest BCUT2D eigenvalue weighted by Crippen LogP contribution is 2.38. The fraction of sp³-hybridized carbons (Fsp3) is 0.333. The normalized spacial score (nSPS) is 12.2. The van der Waals surface area contributed by atoms with Crippen molar-refractivity contribution in [1.82, 2.24) is 9.97 Å². The number of rotatable bonds is 1. The van der Waals surface area contributed by atoms with E-state index in [9.17, 15) is 0 Å². The second-order valence-electron chi connectivity index (χ2n) is 2.25. The first-order chi connectivity index (χ1) is 6.30. The zero-order valence-corrected chi connectivity index (χ0v) is 10.9. The molecule has 0 aliphatic heterocycles. The smallest absolute Gasteiger partial charge is 0.220 e. The first kappa shape index (κ1) is 12.9. The van der Waals surface area contributed by atoms with Gasteiger partial charge in [-0.1, -0.05) is 58.0 Å². The molecule has 0 unspecified atom stereocenters. The van der Waals surface area contributed by atoms with E-state index in [-0.39, 0.29) is 16.7 Å². The van der Waals surface area contributed by atoms with E-state index < -0.39 is 8.63 Å². The lowest BCUT2D eigenvalue weighted by molar-refractivity contribution is 0.986. The summed E-state index contributed by atoms with van der Waals surface area (Å²) >= 11 is 33.6. The molecule has 0 aliphatic carbocycles. The van der Waals surface area contributed by atoms with E-state index in [2.05, 4.69) is 9.97 Å². The molecule has 0 amide bonds. The molecule has 8 heteroatoms. The summed E-state index contributed by atoms with van der Waals surface area (Å²) in [6.07, 6.45) is 0. The molecule has 78 valence electrons.